The molecule has 1 aliphatic heterocycles. The van der Waals surface area contributed by atoms with Gasteiger partial charge in [-0.25, -0.2) is 0 Å². The van der Waals surface area contributed by atoms with Crippen LogP contribution in [0, 0.1) is 5.41 Å². The largest absolute Gasteiger partial charge is 0.469 e. The Labute approximate surface area is 203 Å². The van der Waals surface area contributed by atoms with E-state index in [2.05, 4.69) is 6.08 Å². The van der Waals surface area contributed by atoms with Gasteiger partial charge in [0.1, 0.15) is 11.2 Å². The highest BCUT2D eigenvalue weighted by Crippen LogP contribution is 2.53. The van der Waals surface area contributed by atoms with Gasteiger partial charge in [-0.3, -0.25) is 4.79 Å². The van der Waals surface area contributed by atoms with E-state index in [4.69, 9.17) is 9.52 Å². The van der Waals surface area contributed by atoms with Crippen molar-refractivity contribution < 1.29 is 14.3 Å². The number of para-hydroxylation sites is 1. The number of carbonyl (C=O) groups is 1. The molecule has 0 fully saturated rings. The van der Waals surface area contributed by atoms with Gasteiger partial charge in [-0.1, -0.05) is 84.9 Å². The van der Waals surface area contributed by atoms with E-state index >= 15 is 0 Å². The maximum Gasteiger partial charge on any atom is 0.266 e. The minimum absolute atomic E-state index is 0.170. The van der Waals surface area contributed by atoms with Crippen molar-refractivity contribution in [2.75, 3.05) is 5.01 Å². The summed E-state index contributed by atoms with van der Waals surface area (Å²) in [5.74, 6) is 0.329. The Balaban J connectivity index is 1.62. The molecule has 6 rings (SSSR count). The van der Waals surface area contributed by atoms with E-state index in [0.717, 1.165) is 22.5 Å². The third kappa shape index (κ3) is 3.35. The van der Waals surface area contributed by atoms with Gasteiger partial charge in [0.25, 0.3) is 5.91 Å². The van der Waals surface area contributed by atoms with Crippen molar-refractivity contribution in [3.63, 3.8) is 0 Å². The lowest BCUT2D eigenvalue weighted by Crippen LogP contribution is -2.52. The number of hydrogen-bond donors (Lipinski definition) is 1. The smallest absolute Gasteiger partial charge is 0.266 e. The summed E-state index contributed by atoms with van der Waals surface area (Å²) in [7, 11) is 0. The number of furan rings is 1. The van der Waals surface area contributed by atoms with Gasteiger partial charge in [-0.05, 0) is 47.4 Å². The van der Waals surface area contributed by atoms with Crippen molar-refractivity contribution in [2.45, 2.75) is 18.4 Å². The summed E-state index contributed by atoms with van der Waals surface area (Å²) in [5, 5.41) is 18.2. The molecular formula is C30H24N2O3. The molecule has 0 saturated carbocycles. The van der Waals surface area contributed by atoms with Gasteiger partial charge in [0.05, 0.1) is 23.8 Å². The summed E-state index contributed by atoms with van der Waals surface area (Å²) in [5.41, 5.74) is 2.26. The molecule has 0 radical (unpaired) electrons. The zero-order valence-electron chi connectivity index (χ0n) is 19.0. The van der Waals surface area contributed by atoms with Gasteiger partial charge in [-0.2, -0.15) is 10.1 Å². The number of rotatable bonds is 4. The molecule has 1 aliphatic carbocycles. The fourth-order valence-electron chi connectivity index (χ4n) is 5.30. The average molecular weight is 461 g/mol. The molecule has 2 heterocycles. The molecule has 1 N–H and O–H groups in total. The Morgan fingerprint density at radius 1 is 0.829 bits per heavy atom. The van der Waals surface area contributed by atoms with Crippen LogP contribution in [0.5, 0.6) is 0 Å². The average Bonchev–Trinajstić information content (AvgIpc) is 3.55. The molecule has 4 aromatic rings. The number of anilines is 1. The van der Waals surface area contributed by atoms with E-state index in [-0.39, 0.29) is 11.8 Å². The SMILES string of the molecule is O=C1N(c2ccccc2)N=C(c2ccccc2)[C@]12C(c1ccccc1)=C[C@H](c1ccco1)CC2O. The highest BCUT2D eigenvalue weighted by atomic mass is 16.3. The molecule has 0 saturated heterocycles. The maximum atomic E-state index is 14.4. The second-order valence-electron chi connectivity index (χ2n) is 8.89. The van der Waals surface area contributed by atoms with Crippen molar-refractivity contribution >= 4 is 22.9 Å². The van der Waals surface area contributed by atoms with E-state index in [1.165, 1.54) is 5.01 Å². The Morgan fingerprint density at radius 2 is 1.46 bits per heavy atom. The number of benzene rings is 3. The molecule has 35 heavy (non-hydrogen) atoms. The van der Waals surface area contributed by atoms with Crippen molar-refractivity contribution in [1.82, 2.24) is 0 Å². The molecule has 1 spiro atoms. The quantitative estimate of drug-likeness (QED) is 0.428. The number of hydrogen-bond acceptors (Lipinski definition) is 4. The number of amides is 1. The fourth-order valence-corrected chi connectivity index (χ4v) is 5.30. The maximum absolute atomic E-state index is 14.4. The van der Waals surface area contributed by atoms with E-state index in [1.54, 1.807) is 6.26 Å². The molecule has 1 aromatic heterocycles. The van der Waals surface area contributed by atoms with Crippen LogP contribution >= 0.6 is 0 Å². The van der Waals surface area contributed by atoms with Crippen LogP contribution in [0.4, 0.5) is 5.69 Å². The highest BCUT2D eigenvalue weighted by molar-refractivity contribution is 6.32. The topological polar surface area (TPSA) is 66.0 Å². The van der Waals surface area contributed by atoms with Crippen LogP contribution in [0.1, 0.15) is 29.2 Å². The van der Waals surface area contributed by atoms with Gasteiger partial charge < -0.3 is 9.52 Å². The molecule has 0 bridgehead atoms. The first-order valence-corrected chi connectivity index (χ1v) is 11.7. The minimum atomic E-state index is -1.36. The van der Waals surface area contributed by atoms with Gasteiger partial charge in [0.2, 0.25) is 0 Å². The summed E-state index contributed by atoms with van der Waals surface area (Å²) in [6.45, 7) is 0. The van der Waals surface area contributed by atoms with Crippen LogP contribution in [0.3, 0.4) is 0 Å². The lowest BCUT2D eigenvalue weighted by atomic mass is 9.61. The number of allylic oxidation sites excluding steroid dienone is 1. The molecule has 5 heteroatoms. The second kappa shape index (κ2) is 8.53. The lowest BCUT2D eigenvalue weighted by Gasteiger charge is -2.41. The van der Waals surface area contributed by atoms with E-state index in [1.807, 2.05) is 103 Å². The highest BCUT2D eigenvalue weighted by Gasteiger charge is 2.61. The van der Waals surface area contributed by atoms with Crippen LogP contribution in [-0.2, 0) is 4.79 Å². The third-order valence-electron chi connectivity index (χ3n) is 6.91. The number of aliphatic hydroxyl groups excluding tert-OH is 1. The van der Waals surface area contributed by atoms with Crippen LogP contribution in [-0.4, -0.2) is 22.8 Å². The van der Waals surface area contributed by atoms with Crippen molar-refractivity contribution in [3.05, 3.63) is 132 Å². The van der Waals surface area contributed by atoms with Crippen LogP contribution in [0.2, 0.25) is 0 Å². The Hall–Kier alpha value is -4.22. The van der Waals surface area contributed by atoms with E-state index in [0.29, 0.717) is 17.8 Å². The van der Waals surface area contributed by atoms with Crippen molar-refractivity contribution in [3.8, 4) is 0 Å². The standard InChI is InChI=1S/C30H24N2O3/c33-27-20-23(26-17-10-18-35-26)19-25(21-11-4-1-5-12-21)30(27)28(22-13-6-2-7-14-22)31-32(29(30)34)24-15-8-3-9-16-24/h1-19,23,27,33H,20H2/t23-,27?,30+/m0/s1. The third-order valence-corrected chi connectivity index (χ3v) is 6.91. The Morgan fingerprint density at radius 3 is 2.09 bits per heavy atom. The first-order valence-electron chi connectivity index (χ1n) is 11.7. The van der Waals surface area contributed by atoms with Gasteiger partial charge >= 0.3 is 0 Å². The molecule has 1 unspecified atom stereocenters. The van der Waals surface area contributed by atoms with Crippen molar-refractivity contribution in [2.24, 2.45) is 10.5 Å². The summed E-state index contributed by atoms with van der Waals surface area (Å²) in [6, 6.07) is 32.6. The summed E-state index contributed by atoms with van der Waals surface area (Å²) >= 11 is 0. The molecule has 3 aromatic carbocycles. The van der Waals surface area contributed by atoms with E-state index in [9.17, 15) is 9.90 Å². The van der Waals surface area contributed by atoms with Gasteiger partial charge in [0.15, 0.2) is 0 Å². The molecule has 3 atom stereocenters. The molecule has 172 valence electrons. The van der Waals surface area contributed by atoms with E-state index < -0.39 is 11.5 Å². The number of aliphatic hydroxyl groups is 1. The minimum Gasteiger partial charge on any atom is -0.469 e. The predicted octanol–water partition coefficient (Wildman–Crippen LogP) is 5.65. The monoisotopic (exact) mass is 460 g/mol. The first kappa shape index (κ1) is 21.3. The molecular weight excluding hydrogens is 436 g/mol. The van der Waals surface area contributed by atoms with Gasteiger partial charge in [0, 0.05) is 5.92 Å². The number of nitrogens with zero attached hydrogens (tertiary/aromatic N) is 2. The zero-order chi connectivity index (χ0) is 23.8. The van der Waals surface area contributed by atoms with Gasteiger partial charge in [-0.15, -0.1) is 0 Å². The Bertz CT molecular complexity index is 1400. The van der Waals surface area contributed by atoms with Crippen molar-refractivity contribution in [1.29, 1.82) is 0 Å². The molecule has 1 amide bonds. The lowest BCUT2D eigenvalue weighted by molar-refractivity contribution is -0.125. The normalized spacial score (nSPS) is 23.9. The zero-order valence-corrected chi connectivity index (χ0v) is 19.0. The molecule has 2 aliphatic rings. The fraction of sp³-hybridized carbons (Fsp3) is 0.133. The van der Waals surface area contributed by atoms with Crippen LogP contribution in [0.25, 0.3) is 5.57 Å². The summed E-state index contributed by atoms with van der Waals surface area (Å²) in [6.07, 6.45) is 3.03. The van der Waals surface area contributed by atoms with Crippen LogP contribution < -0.4 is 5.01 Å². The first-order chi connectivity index (χ1) is 17.2. The van der Waals surface area contributed by atoms with Crippen LogP contribution in [0.15, 0.2) is 125 Å². The number of carbonyl (C=O) groups excluding carboxylic acids is 1. The number of hydrazone groups is 1. The summed E-state index contributed by atoms with van der Waals surface area (Å²) < 4.78 is 5.70. The Kier molecular flexibility index (Phi) is 5.20. The molecule has 5 nitrogen and oxygen atoms in total. The summed E-state index contributed by atoms with van der Waals surface area (Å²) in [4.78, 5) is 14.4. The predicted molar refractivity (Wildman–Crippen MR) is 136 cm³/mol. The second-order valence-corrected chi connectivity index (χ2v) is 8.89.